The molecule has 0 bridgehead atoms. The van der Waals surface area contributed by atoms with Crippen LogP contribution < -0.4 is 5.32 Å². The summed E-state index contributed by atoms with van der Waals surface area (Å²) in [6.45, 7) is 1.92. The predicted octanol–water partition coefficient (Wildman–Crippen LogP) is 4.43. The molecule has 0 saturated carbocycles. The molecule has 0 spiro atoms. The maximum absolute atomic E-state index is 12.3. The highest BCUT2D eigenvalue weighted by Gasteiger charge is 2.10. The molecule has 3 aromatic rings. The smallest absolute Gasteiger partial charge is 0.176 e. The van der Waals surface area contributed by atoms with Gasteiger partial charge in [0, 0.05) is 23.0 Å². The molecule has 6 heteroatoms. The largest absolute Gasteiger partial charge is 0.335 e. The number of rotatable bonds is 5. The molecule has 2 N–H and O–H groups in total. The Hall–Kier alpha value is -2.86. The fourth-order valence-electron chi connectivity index (χ4n) is 2.15. The lowest BCUT2D eigenvalue weighted by Crippen LogP contribution is -2.12. The summed E-state index contributed by atoms with van der Waals surface area (Å²) in [6.07, 6.45) is 0. The van der Waals surface area contributed by atoms with Crippen LogP contribution in [-0.2, 0) is 0 Å². The van der Waals surface area contributed by atoms with Crippen molar-refractivity contribution in [2.75, 3.05) is 11.1 Å². The maximum Gasteiger partial charge on any atom is 0.176 e. The van der Waals surface area contributed by atoms with Gasteiger partial charge in [-0.05, 0) is 19.1 Å². The second-order valence-electron chi connectivity index (χ2n) is 5.40. The molecule has 0 fully saturated rings. The Morgan fingerprint density at radius 2 is 1.80 bits per heavy atom. The van der Waals surface area contributed by atoms with E-state index in [4.69, 9.17) is 0 Å². The molecule has 0 unspecified atom stereocenters. The average molecular weight is 350 g/mol. The van der Waals surface area contributed by atoms with Gasteiger partial charge in [0.05, 0.1) is 5.75 Å². The Labute approximate surface area is 150 Å². The van der Waals surface area contributed by atoms with Gasteiger partial charge in [-0.1, -0.05) is 60.3 Å². The molecule has 0 aliphatic carbocycles. The molecule has 25 heavy (non-hydrogen) atoms. The maximum atomic E-state index is 12.3. The molecule has 0 aliphatic heterocycles. The number of aliphatic imine (C=N–C) groups is 1. The van der Waals surface area contributed by atoms with Gasteiger partial charge in [-0.2, -0.15) is 5.10 Å². The van der Waals surface area contributed by atoms with E-state index in [1.54, 1.807) is 0 Å². The molecule has 0 atom stereocenters. The Morgan fingerprint density at radius 1 is 1.12 bits per heavy atom. The monoisotopic (exact) mass is 350 g/mol. The third-order valence-electron chi connectivity index (χ3n) is 3.37. The number of carbonyl (C=O) groups is 1. The zero-order valence-electron chi connectivity index (χ0n) is 13.8. The molecule has 0 amide bonds. The van der Waals surface area contributed by atoms with Crippen LogP contribution in [0.2, 0.25) is 0 Å². The van der Waals surface area contributed by atoms with Crippen molar-refractivity contribution in [1.82, 2.24) is 10.2 Å². The fourth-order valence-corrected chi connectivity index (χ4v) is 2.93. The van der Waals surface area contributed by atoms with Crippen LogP contribution in [0.4, 0.5) is 11.5 Å². The van der Waals surface area contributed by atoms with Crippen molar-refractivity contribution in [2.45, 2.75) is 6.92 Å². The first-order valence-electron chi connectivity index (χ1n) is 7.84. The van der Waals surface area contributed by atoms with Gasteiger partial charge in [-0.25, -0.2) is 4.99 Å². The van der Waals surface area contributed by atoms with Crippen molar-refractivity contribution < 1.29 is 4.79 Å². The number of ketones is 1. The molecule has 126 valence electrons. The first kappa shape index (κ1) is 17.0. The number of aromatic amines is 1. The first-order valence-corrected chi connectivity index (χ1v) is 8.83. The minimum absolute atomic E-state index is 0.0615. The van der Waals surface area contributed by atoms with Crippen molar-refractivity contribution in [3.05, 3.63) is 78.0 Å². The van der Waals surface area contributed by atoms with Crippen LogP contribution in [0.3, 0.4) is 0 Å². The molecule has 0 radical (unpaired) electrons. The summed E-state index contributed by atoms with van der Waals surface area (Å²) in [5.41, 5.74) is 2.54. The number of benzene rings is 2. The van der Waals surface area contributed by atoms with Crippen LogP contribution in [0, 0.1) is 6.92 Å². The predicted molar refractivity (Wildman–Crippen MR) is 104 cm³/mol. The number of para-hydroxylation sites is 1. The second-order valence-corrected chi connectivity index (χ2v) is 6.36. The van der Waals surface area contributed by atoms with Gasteiger partial charge in [0.15, 0.2) is 16.8 Å². The van der Waals surface area contributed by atoms with E-state index in [0.717, 1.165) is 11.4 Å². The lowest BCUT2D eigenvalue weighted by atomic mass is 10.2. The zero-order valence-corrected chi connectivity index (χ0v) is 14.6. The van der Waals surface area contributed by atoms with E-state index in [1.165, 1.54) is 11.8 Å². The van der Waals surface area contributed by atoms with Crippen LogP contribution in [0.15, 0.2) is 71.7 Å². The Kier molecular flexibility index (Phi) is 5.64. The van der Waals surface area contributed by atoms with Crippen LogP contribution in [0.1, 0.15) is 16.1 Å². The number of aryl methyl sites for hydroxylation is 1. The third kappa shape index (κ3) is 5.06. The van der Waals surface area contributed by atoms with E-state index < -0.39 is 0 Å². The highest BCUT2D eigenvalue weighted by Crippen LogP contribution is 2.17. The van der Waals surface area contributed by atoms with E-state index in [-0.39, 0.29) is 5.78 Å². The normalized spacial score (nSPS) is 11.3. The average Bonchev–Trinajstić information content (AvgIpc) is 3.06. The number of anilines is 1. The van der Waals surface area contributed by atoms with Crippen LogP contribution >= 0.6 is 11.8 Å². The second kappa shape index (κ2) is 8.30. The Balaban J connectivity index is 1.74. The number of thioether (sulfide) groups is 1. The summed E-state index contributed by atoms with van der Waals surface area (Å²) in [6, 6.07) is 20.9. The number of H-pyrrole nitrogens is 1. The number of nitrogens with one attached hydrogen (secondary N) is 2. The van der Waals surface area contributed by atoms with Gasteiger partial charge in [0.1, 0.15) is 0 Å². The molecule has 3 rings (SSSR count). The number of nitrogens with zero attached hydrogens (tertiary/aromatic N) is 2. The molecular formula is C19H18N4OS. The molecule has 0 saturated heterocycles. The van der Waals surface area contributed by atoms with E-state index in [9.17, 15) is 4.79 Å². The highest BCUT2D eigenvalue weighted by molar-refractivity contribution is 8.14. The first-order chi connectivity index (χ1) is 12.2. The van der Waals surface area contributed by atoms with Crippen LogP contribution in [0.25, 0.3) is 0 Å². The number of hydrogen-bond donors (Lipinski definition) is 2. The van der Waals surface area contributed by atoms with Crippen LogP contribution in [0.5, 0.6) is 0 Å². The summed E-state index contributed by atoms with van der Waals surface area (Å²) in [4.78, 5) is 16.8. The van der Waals surface area contributed by atoms with E-state index >= 15 is 0 Å². The molecule has 0 aliphatic rings. The van der Waals surface area contributed by atoms with Gasteiger partial charge < -0.3 is 5.32 Å². The molecule has 1 heterocycles. The van der Waals surface area contributed by atoms with E-state index in [1.807, 2.05) is 73.7 Å². The topological polar surface area (TPSA) is 70.1 Å². The lowest BCUT2D eigenvalue weighted by Gasteiger charge is -2.09. The van der Waals surface area contributed by atoms with Crippen molar-refractivity contribution in [1.29, 1.82) is 0 Å². The summed E-state index contributed by atoms with van der Waals surface area (Å²) >= 11 is 1.36. The summed E-state index contributed by atoms with van der Waals surface area (Å²) in [5.74, 6) is 0.938. The fraction of sp³-hybridized carbons (Fsp3) is 0.105. The SMILES string of the molecule is Cc1cc(N=C(Nc2ccccc2)SCC(=O)c2ccccc2)n[nH]1. The standard InChI is InChI=1S/C19H18N4OS/c1-14-12-18(23-22-14)21-19(20-16-10-6-3-7-11-16)25-13-17(24)15-8-4-2-5-9-15/h2-12H,13H2,1H3,(H2,20,21,22,23). The third-order valence-corrected chi connectivity index (χ3v) is 4.24. The van der Waals surface area contributed by atoms with Crippen molar-refractivity contribution in [3.8, 4) is 0 Å². The Morgan fingerprint density at radius 3 is 2.44 bits per heavy atom. The molecule has 2 aromatic carbocycles. The van der Waals surface area contributed by atoms with Gasteiger partial charge in [-0.15, -0.1) is 0 Å². The number of amidine groups is 1. The number of hydrogen-bond acceptors (Lipinski definition) is 4. The van der Waals surface area contributed by atoms with Crippen molar-refractivity contribution in [3.63, 3.8) is 0 Å². The number of Topliss-reactive ketones (excluding diaryl/α,β-unsaturated/α-hetero) is 1. The lowest BCUT2D eigenvalue weighted by molar-refractivity contribution is 0.102. The van der Waals surface area contributed by atoms with E-state index in [2.05, 4.69) is 20.5 Å². The van der Waals surface area contributed by atoms with Gasteiger partial charge >= 0.3 is 0 Å². The van der Waals surface area contributed by atoms with Crippen molar-refractivity contribution in [2.24, 2.45) is 4.99 Å². The van der Waals surface area contributed by atoms with E-state index in [0.29, 0.717) is 22.3 Å². The molecule has 5 nitrogen and oxygen atoms in total. The minimum Gasteiger partial charge on any atom is -0.335 e. The van der Waals surface area contributed by atoms with Crippen LogP contribution in [-0.4, -0.2) is 26.9 Å². The summed E-state index contributed by atoms with van der Waals surface area (Å²) in [7, 11) is 0. The minimum atomic E-state index is 0.0615. The molecular weight excluding hydrogens is 332 g/mol. The Bertz CT molecular complexity index is 859. The molecule has 1 aromatic heterocycles. The quantitative estimate of drug-likeness (QED) is 0.406. The zero-order chi connectivity index (χ0) is 17.5. The summed E-state index contributed by atoms with van der Waals surface area (Å²) < 4.78 is 0. The number of carbonyl (C=O) groups excluding carboxylic acids is 1. The van der Waals surface area contributed by atoms with Gasteiger partial charge in [0.25, 0.3) is 0 Å². The number of aromatic nitrogens is 2. The van der Waals surface area contributed by atoms with Crippen molar-refractivity contribution >= 4 is 34.2 Å². The van der Waals surface area contributed by atoms with Gasteiger partial charge in [-0.3, -0.25) is 9.89 Å². The summed E-state index contributed by atoms with van der Waals surface area (Å²) in [5, 5.41) is 10.9. The van der Waals surface area contributed by atoms with Gasteiger partial charge in [0.2, 0.25) is 0 Å². The highest BCUT2D eigenvalue weighted by atomic mass is 32.2.